The Kier molecular flexibility index (Phi) is 2.62. The molecule has 0 fully saturated rings. The molecule has 0 saturated carbocycles. The lowest BCUT2D eigenvalue weighted by Gasteiger charge is -2.17. The van der Waals surface area contributed by atoms with Gasteiger partial charge in [0.05, 0.1) is 17.9 Å². The van der Waals surface area contributed by atoms with Crippen LogP contribution in [0.2, 0.25) is 0 Å². The van der Waals surface area contributed by atoms with Crippen molar-refractivity contribution in [1.29, 1.82) is 5.41 Å². The molecule has 0 unspecified atom stereocenters. The normalized spacial score (nSPS) is 14.1. The van der Waals surface area contributed by atoms with E-state index in [0.717, 1.165) is 23.4 Å². The molecule has 2 aromatic rings. The molecule has 1 aromatic carbocycles. The number of fused-ring (bicyclic) bond motifs is 1. The standard InChI is InChI=1S/C14H15FN4/c1-3-12-13(8-18(2)17-12)19-7-9-4-5-10(15)6-11(9)14(19)16/h4-6,8,16H,3,7H2,1-2H3. The Morgan fingerprint density at radius 1 is 1.42 bits per heavy atom. The third-order valence-corrected chi connectivity index (χ3v) is 3.43. The first-order valence-electron chi connectivity index (χ1n) is 6.27. The van der Waals surface area contributed by atoms with Gasteiger partial charge in [-0.15, -0.1) is 0 Å². The number of anilines is 1. The number of halogens is 1. The summed E-state index contributed by atoms with van der Waals surface area (Å²) in [6.07, 6.45) is 2.72. The van der Waals surface area contributed by atoms with E-state index in [1.165, 1.54) is 12.1 Å². The third kappa shape index (κ3) is 1.82. The quantitative estimate of drug-likeness (QED) is 0.899. The lowest BCUT2D eigenvalue weighted by Crippen LogP contribution is -2.23. The molecule has 0 spiro atoms. The monoisotopic (exact) mass is 258 g/mol. The minimum atomic E-state index is -0.299. The van der Waals surface area contributed by atoms with E-state index in [-0.39, 0.29) is 5.82 Å². The average Bonchev–Trinajstić information content (AvgIpc) is 2.91. The van der Waals surface area contributed by atoms with Gasteiger partial charge in [-0.3, -0.25) is 10.1 Å². The summed E-state index contributed by atoms with van der Waals surface area (Å²) in [5.41, 5.74) is 3.55. The van der Waals surface area contributed by atoms with Gasteiger partial charge < -0.3 is 4.90 Å². The van der Waals surface area contributed by atoms with Gasteiger partial charge in [0.25, 0.3) is 0 Å². The fraction of sp³-hybridized carbons (Fsp3) is 0.286. The van der Waals surface area contributed by atoms with Crippen LogP contribution >= 0.6 is 0 Å². The minimum absolute atomic E-state index is 0.299. The van der Waals surface area contributed by atoms with Gasteiger partial charge in [0.2, 0.25) is 0 Å². The van der Waals surface area contributed by atoms with Crippen molar-refractivity contribution in [2.75, 3.05) is 4.90 Å². The largest absolute Gasteiger partial charge is 0.319 e. The molecule has 1 N–H and O–H groups in total. The van der Waals surface area contributed by atoms with Crippen molar-refractivity contribution in [2.45, 2.75) is 19.9 Å². The first-order valence-corrected chi connectivity index (χ1v) is 6.27. The second kappa shape index (κ2) is 4.19. The molecule has 1 aromatic heterocycles. The van der Waals surface area contributed by atoms with Crippen molar-refractivity contribution in [3.8, 4) is 0 Å². The van der Waals surface area contributed by atoms with Crippen LogP contribution in [0.25, 0.3) is 0 Å². The van der Waals surface area contributed by atoms with E-state index < -0.39 is 0 Å². The molecule has 3 rings (SSSR count). The number of hydrogen-bond donors (Lipinski definition) is 1. The molecular formula is C14H15FN4. The van der Waals surface area contributed by atoms with Crippen molar-refractivity contribution in [3.63, 3.8) is 0 Å². The van der Waals surface area contributed by atoms with Crippen LogP contribution in [0.5, 0.6) is 0 Å². The summed E-state index contributed by atoms with van der Waals surface area (Å²) in [4.78, 5) is 1.88. The molecule has 2 heterocycles. The Morgan fingerprint density at radius 2 is 2.21 bits per heavy atom. The van der Waals surface area contributed by atoms with Crippen molar-refractivity contribution in [2.24, 2.45) is 7.05 Å². The summed E-state index contributed by atoms with van der Waals surface area (Å²) < 4.78 is 15.0. The number of nitrogens with one attached hydrogen (secondary N) is 1. The van der Waals surface area contributed by atoms with Gasteiger partial charge in [-0.2, -0.15) is 5.10 Å². The number of hydrogen-bond acceptors (Lipinski definition) is 2. The van der Waals surface area contributed by atoms with E-state index >= 15 is 0 Å². The van der Waals surface area contributed by atoms with Crippen LogP contribution in [0.4, 0.5) is 10.1 Å². The number of aromatic nitrogens is 2. The fourth-order valence-corrected chi connectivity index (χ4v) is 2.51. The number of benzene rings is 1. The summed E-state index contributed by atoms with van der Waals surface area (Å²) in [6, 6.07) is 4.63. The molecule has 0 radical (unpaired) electrons. The molecule has 98 valence electrons. The second-order valence-electron chi connectivity index (χ2n) is 4.72. The Labute approximate surface area is 111 Å². The van der Waals surface area contributed by atoms with Crippen molar-refractivity contribution < 1.29 is 4.39 Å². The molecule has 4 nitrogen and oxygen atoms in total. The predicted molar refractivity (Wildman–Crippen MR) is 72.0 cm³/mol. The van der Waals surface area contributed by atoms with Crippen LogP contribution in [0.1, 0.15) is 23.7 Å². The maximum atomic E-state index is 13.3. The van der Waals surface area contributed by atoms with E-state index in [1.807, 2.05) is 25.1 Å². The number of rotatable bonds is 2. The summed E-state index contributed by atoms with van der Waals surface area (Å²) in [5, 5.41) is 12.6. The SMILES string of the molecule is CCc1nn(C)cc1N1Cc2ccc(F)cc2C1=N. The Morgan fingerprint density at radius 3 is 2.95 bits per heavy atom. The predicted octanol–water partition coefficient (Wildman–Crippen LogP) is 2.47. The van der Waals surface area contributed by atoms with Gasteiger partial charge in [0.1, 0.15) is 11.7 Å². The highest BCUT2D eigenvalue weighted by atomic mass is 19.1. The Bertz CT molecular complexity index is 659. The smallest absolute Gasteiger partial charge is 0.133 e. The summed E-state index contributed by atoms with van der Waals surface area (Å²) in [7, 11) is 1.87. The highest BCUT2D eigenvalue weighted by Gasteiger charge is 2.28. The second-order valence-corrected chi connectivity index (χ2v) is 4.72. The minimum Gasteiger partial charge on any atom is -0.319 e. The van der Waals surface area contributed by atoms with Crippen LogP contribution in [0.3, 0.4) is 0 Å². The molecule has 0 atom stereocenters. The van der Waals surface area contributed by atoms with Crippen LogP contribution in [-0.2, 0) is 20.0 Å². The van der Waals surface area contributed by atoms with Gasteiger partial charge >= 0.3 is 0 Å². The summed E-state index contributed by atoms with van der Waals surface area (Å²) >= 11 is 0. The fourth-order valence-electron chi connectivity index (χ4n) is 2.51. The maximum Gasteiger partial charge on any atom is 0.133 e. The van der Waals surface area contributed by atoms with Crippen molar-refractivity contribution in [1.82, 2.24) is 9.78 Å². The van der Waals surface area contributed by atoms with E-state index in [9.17, 15) is 4.39 Å². The highest BCUT2D eigenvalue weighted by Crippen LogP contribution is 2.30. The molecule has 0 bridgehead atoms. The first-order chi connectivity index (χ1) is 9.10. The maximum absolute atomic E-state index is 13.3. The highest BCUT2D eigenvalue weighted by molar-refractivity contribution is 6.11. The lowest BCUT2D eigenvalue weighted by atomic mass is 10.1. The zero-order valence-electron chi connectivity index (χ0n) is 10.9. The Hall–Kier alpha value is -2.17. The summed E-state index contributed by atoms with van der Waals surface area (Å²) in [5.74, 6) is 0.0458. The number of nitrogens with zero attached hydrogens (tertiary/aromatic N) is 3. The van der Waals surface area contributed by atoms with Gasteiger partial charge in [-0.05, 0) is 24.1 Å². The van der Waals surface area contributed by atoms with Gasteiger partial charge in [0, 0.05) is 18.8 Å². The van der Waals surface area contributed by atoms with E-state index in [4.69, 9.17) is 5.41 Å². The molecular weight excluding hydrogens is 243 g/mol. The van der Waals surface area contributed by atoms with Crippen LogP contribution < -0.4 is 4.90 Å². The van der Waals surface area contributed by atoms with Gasteiger partial charge in [-0.25, -0.2) is 4.39 Å². The number of aryl methyl sites for hydroxylation is 2. The molecule has 0 saturated heterocycles. The van der Waals surface area contributed by atoms with E-state index in [0.29, 0.717) is 17.9 Å². The third-order valence-electron chi connectivity index (χ3n) is 3.43. The van der Waals surface area contributed by atoms with Crippen LogP contribution in [-0.4, -0.2) is 15.6 Å². The Balaban J connectivity index is 2.03. The lowest BCUT2D eigenvalue weighted by molar-refractivity contribution is 0.627. The molecule has 0 amide bonds. The zero-order chi connectivity index (χ0) is 13.6. The van der Waals surface area contributed by atoms with Crippen molar-refractivity contribution in [3.05, 3.63) is 47.0 Å². The average molecular weight is 258 g/mol. The van der Waals surface area contributed by atoms with E-state index in [1.54, 1.807) is 10.7 Å². The number of amidine groups is 1. The zero-order valence-corrected chi connectivity index (χ0v) is 10.9. The van der Waals surface area contributed by atoms with Gasteiger partial charge in [0.15, 0.2) is 0 Å². The first kappa shape index (κ1) is 11.9. The van der Waals surface area contributed by atoms with E-state index in [2.05, 4.69) is 5.10 Å². The molecule has 1 aliphatic heterocycles. The molecule has 1 aliphatic rings. The topological polar surface area (TPSA) is 44.9 Å². The van der Waals surface area contributed by atoms with Crippen LogP contribution in [0, 0.1) is 11.2 Å². The van der Waals surface area contributed by atoms with Crippen LogP contribution in [0.15, 0.2) is 24.4 Å². The molecule has 19 heavy (non-hydrogen) atoms. The summed E-state index contributed by atoms with van der Waals surface area (Å²) in [6.45, 7) is 2.64. The molecule has 0 aliphatic carbocycles. The van der Waals surface area contributed by atoms with Gasteiger partial charge in [-0.1, -0.05) is 13.0 Å². The molecule has 5 heteroatoms. The van der Waals surface area contributed by atoms with Crippen molar-refractivity contribution >= 4 is 11.5 Å².